The molecule has 0 bridgehead atoms. The van der Waals surface area contributed by atoms with Crippen LogP contribution in [0.4, 0.5) is 5.69 Å². The highest BCUT2D eigenvalue weighted by Gasteiger charge is 1.98. The third kappa shape index (κ3) is 2.20. The minimum absolute atomic E-state index is 0.798. The molecular weight excluding hydrogens is 222 g/mol. The van der Waals surface area contributed by atoms with Gasteiger partial charge in [0.1, 0.15) is 0 Å². The molecule has 0 saturated carbocycles. The summed E-state index contributed by atoms with van der Waals surface area (Å²) in [4.78, 5) is 0. The van der Waals surface area contributed by atoms with Crippen LogP contribution in [0.5, 0.6) is 0 Å². The van der Waals surface area contributed by atoms with E-state index < -0.39 is 0 Å². The Bertz CT molecular complexity index is 670. The summed E-state index contributed by atoms with van der Waals surface area (Å²) in [6.07, 6.45) is 3.90. The lowest BCUT2D eigenvalue weighted by molar-refractivity contribution is 0.767. The summed E-state index contributed by atoms with van der Waals surface area (Å²) < 4.78 is 1.82. The van der Waals surface area contributed by atoms with Gasteiger partial charge in [0.2, 0.25) is 0 Å². The average molecular weight is 237 g/mol. The standard InChI is InChI=1S/C15H15N3/c1-18-11-12(10-17-18)9-16-15-7-6-13-4-2-3-5-14(13)8-15/h2-8,10-11,16H,9H2,1H3. The molecule has 0 radical (unpaired) electrons. The Morgan fingerprint density at radius 1 is 1.11 bits per heavy atom. The van der Waals surface area contributed by atoms with E-state index in [1.165, 1.54) is 16.3 Å². The number of fused-ring (bicyclic) bond motifs is 1. The van der Waals surface area contributed by atoms with Crippen LogP contribution in [-0.2, 0) is 13.6 Å². The van der Waals surface area contributed by atoms with Crippen LogP contribution >= 0.6 is 0 Å². The van der Waals surface area contributed by atoms with Crippen molar-refractivity contribution in [2.45, 2.75) is 6.54 Å². The van der Waals surface area contributed by atoms with Crippen molar-refractivity contribution >= 4 is 16.5 Å². The zero-order valence-corrected chi connectivity index (χ0v) is 10.3. The summed E-state index contributed by atoms with van der Waals surface area (Å²) in [7, 11) is 1.93. The summed E-state index contributed by atoms with van der Waals surface area (Å²) in [5, 5.41) is 10.1. The first-order valence-electron chi connectivity index (χ1n) is 6.01. The molecule has 90 valence electrons. The maximum atomic E-state index is 4.16. The largest absolute Gasteiger partial charge is 0.381 e. The van der Waals surface area contributed by atoms with Gasteiger partial charge in [-0.05, 0) is 22.9 Å². The van der Waals surface area contributed by atoms with Gasteiger partial charge in [0.15, 0.2) is 0 Å². The molecule has 1 heterocycles. The molecule has 0 saturated heterocycles. The third-order valence-electron chi connectivity index (χ3n) is 3.00. The van der Waals surface area contributed by atoms with Crippen molar-refractivity contribution in [2.75, 3.05) is 5.32 Å². The van der Waals surface area contributed by atoms with Gasteiger partial charge in [0.25, 0.3) is 0 Å². The molecule has 3 heteroatoms. The molecule has 3 rings (SSSR count). The molecule has 1 aromatic heterocycles. The van der Waals surface area contributed by atoms with Crippen LogP contribution in [0.25, 0.3) is 10.8 Å². The van der Waals surface area contributed by atoms with Crippen molar-refractivity contribution in [3.05, 3.63) is 60.4 Å². The number of benzene rings is 2. The van der Waals surface area contributed by atoms with E-state index >= 15 is 0 Å². The van der Waals surface area contributed by atoms with Crippen molar-refractivity contribution in [3.63, 3.8) is 0 Å². The lowest BCUT2D eigenvalue weighted by Gasteiger charge is -2.06. The van der Waals surface area contributed by atoms with Gasteiger partial charge in [0.05, 0.1) is 6.20 Å². The zero-order valence-electron chi connectivity index (χ0n) is 10.3. The van der Waals surface area contributed by atoms with Crippen LogP contribution in [0.15, 0.2) is 54.9 Å². The predicted octanol–water partition coefficient (Wildman–Crippen LogP) is 3.19. The van der Waals surface area contributed by atoms with Crippen LogP contribution in [-0.4, -0.2) is 9.78 Å². The van der Waals surface area contributed by atoms with Crippen LogP contribution in [0.1, 0.15) is 5.56 Å². The SMILES string of the molecule is Cn1cc(CNc2ccc3ccccc3c2)cn1. The molecule has 0 atom stereocenters. The number of hydrogen-bond donors (Lipinski definition) is 1. The number of aryl methyl sites for hydroxylation is 1. The molecule has 3 nitrogen and oxygen atoms in total. The first-order chi connectivity index (χ1) is 8.81. The Balaban J connectivity index is 1.78. The van der Waals surface area contributed by atoms with Gasteiger partial charge in [-0.1, -0.05) is 30.3 Å². The summed E-state index contributed by atoms with van der Waals surface area (Å²) >= 11 is 0. The fourth-order valence-corrected chi connectivity index (χ4v) is 2.07. The first kappa shape index (κ1) is 10.8. The topological polar surface area (TPSA) is 29.9 Å². The molecule has 0 unspecified atom stereocenters. The monoisotopic (exact) mass is 237 g/mol. The highest BCUT2D eigenvalue weighted by atomic mass is 15.2. The fraction of sp³-hybridized carbons (Fsp3) is 0.133. The van der Waals surface area contributed by atoms with Gasteiger partial charge >= 0.3 is 0 Å². The summed E-state index contributed by atoms with van der Waals surface area (Å²) in [6, 6.07) is 14.8. The van der Waals surface area contributed by atoms with Gasteiger partial charge in [-0.15, -0.1) is 0 Å². The lowest BCUT2D eigenvalue weighted by Crippen LogP contribution is -1.98. The van der Waals surface area contributed by atoms with Crippen molar-refractivity contribution in [1.82, 2.24) is 9.78 Å². The molecule has 0 aliphatic rings. The Hall–Kier alpha value is -2.29. The molecule has 2 aromatic carbocycles. The number of hydrogen-bond acceptors (Lipinski definition) is 2. The Labute approximate surface area is 106 Å². The number of rotatable bonds is 3. The molecule has 0 fully saturated rings. The second kappa shape index (κ2) is 4.53. The van der Waals surface area contributed by atoms with E-state index in [9.17, 15) is 0 Å². The van der Waals surface area contributed by atoms with E-state index in [0.717, 1.165) is 12.2 Å². The van der Waals surface area contributed by atoms with Crippen LogP contribution in [0.2, 0.25) is 0 Å². The van der Waals surface area contributed by atoms with Gasteiger partial charge in [-0.25, -0.2) is 0 Å². The molecule has 0 aliphatic heterocycles. The lowest BCUT2D eigenvalue weighted by atomic mass is 10.1. The van der Waals surface area contributed by atoms with Gasteiger partial charge in [-0.2, -0.15) is 5.10 Å². The summed E-state index contributed by atoms with van der Waals surface area (Å²) in [5.74, 6) is 0. The molecular formula is C15H15N3. The molecule has 18 heavy (non-hydrogen) atoms. The number of nitrogens with zero attached hydrogens (tertiary/aromatic N) is 2. The fourth-order valence-electron chi connectivity index (χ4n) is 2.07. The highest BCUT2D eigenvalue weighted by molar-refractivity contribution is 5.85. The van der Waals surface area contributed by atoms with Gasteiger partial charge in [0, 0.05) is 31.0 Å². The van der Waals surface area contributed by atoms with Crippen LogP contribution in [0.3, 0.4) is 0 Å². The van der Waals surface area contributed by atoms with E-state index in [-0.39, 0.29) is 0 Å². The number of nitrogens with one attached hydrogen (secondary N) is 1. The molecule has 3 aromatic rings. The van der Waals surface area contributed by atoms with Gasteiger partial charge < -0.3 is 5.32 Å². The zero-order chi connectivity index (χ0) is 12.4. The number of anilines is 1. The highest BCUT2D eigenvalue weighted by Crippen LogP contribution is 2.19. The predicted molar refractivity (Wildman–Crippen MR) is 74.5 cm³/mol. The first-order valence-corrected chi connectivity index (χ1v) is 6.01. The molecule has 1 N–H and O–H groups in total. The Morgan fingerprint density at radius 3 is 2.72 bits per heavy atom. The van der Waals surface area contributed by atoms with Gasteiger partial charge in [-0.3, -0.25) is 4.68 Å². The third-order valence-corrected chi connectivity index (χ3v) is 3.00. The van der Waals surface area contributed by atoms with Crippen LogP contribution < -0.4 is 5.32 Å². The Morgan fingerprint density at radius 2 is 1.94 bits per heavy atom. The molecule has 0 amide bonds. The maximum Gasteiger partial charge on any atom is 0.0539 e. The smallest absolute Gasteiger partial charge is 0.0539 e. The summed E-state index contributed by atoms with van der Waals surface area (Å²) in [5.41, 5.74) is 2.32. The van der Waals surface area contributed by atoms with E-state index in [1.54, 1.807) is 0 Å². The van der Waals surface area contributed by atoms with Crippen molar-refractivity contribution in [3.8, 4) is 0 Å². The summed E-state index contributed by atoms with van der Waals surface area (Å²) in [6.45, 7) is 0.798. The van der Waals surface area contributed by atoms with E-state index in [0.29, 0.717) is 0 Å². The second-order valence-corrected chi connectivity index (χ2v) is 4.44. The van der Waals surface area contributed by atoms with Crippen molar-refractivity contribution in [2.24, 2.45) is 7.05 Å². The maximum absolute atomic E-state index is 4.16. The second-order valence-electron chi connectivity index (χ2n) is 4.44. The Kier molecular flexibility index (Phi) is 2.73. The molecule has 0 aliphatic carbocycles. The molecule has 0 spiro atoms. The quantitative estimate of drug-likeness (QED) is 0.758. The van der Waals surface area contributed by atoms with Crippen molar-refractivity contribution in [1.29, 1.82) is 0 Å². The van der Waals surface area contributed by atoms with E-state index in [1.807, 2.05) is 24.1 Å². The van der Waals surface area contributed by atoms with E-state index in [2.05, 4.69) is 52.9 Å². The van der Waals surface area contributed by atoms with E-state index in [4.69, 9.17) is 0 Å². The number of aromatic nitrogens is 2. The normalized spacial score (nSPS) is 10.7. The minimum Gasteiger partial charge on any atom is -0.381 e. The average Bonchev–Trinajstić information content (AvgIpc) is 2.82. The van der Waals surface area contributed by atoms with Crippen LogP contribution in [0, 0.1) is 0 Å². The minimum atomic E-state index is 0.798. The van der Waals surface area contributed by atoms with Crippen molar-refractivity contribution < 1.29 is 0 Å².